The maximum Gasteiger partial charge on any atom is 0.253 e. The number of hydrogen-bond donors (Lipinski definition) is 1. The van der Waals surface area contributed by atoms with Crippen LogP contribution in [-0.2, 0) is 4.79 Å². The Bertz CT molecular complexity index is 1290. The molecule has 4 rings (SSSR count). The highest BCUT2D eigenvalue weighted by Crippen LogP contribution is 2.26. The fourth-order valence-corrected chi connectivity index (χ4v) is 3.75. The Kier molecular flexibility index (Phi) is 4.99. The first kappa shape index (κ1) is 19.6. The molecule has 0 fully saturated rings. The van der Waals surface area contributed by atoms with Crippen molar-refractivity contribution in [2.24, 2.45) is 0 Å². The summed E-state index contributed by atoms with van der Waals surface area (Å²) in [5, 5.41) is 8.48. The summed E-state index contributed by atoms with van der Waals surface area (Å²) >= 11 is 0. The standard InChI is InChI=1S/C24H24N4O2/c1-15-10-12-19(13-11-15)25-23(30)18(4)27-21(29)14-16(2)22-17(3)26-28(24(22)27)20-8-6-5-7-9-20/h5-14,18H,1-4H3,(H,25,30). The van der Waals surface area contributed by atoms with Crippen LogP contribution in [0.15, 0.2) is 65.5 Å². The van der Waals surface area contributed by atoms with Crippen molar-refractivity contribution in [3.8, 4) is 5.69 Å². The highest BCUT2D eigenvalue weighted by atomic mass is 16.2. The summed E-state index contributed by atoms with van der Waals surface area (Å²) in [6.45, 7) is 7.54. The number of carbonyl (C=O) groups is 1. The number of pyridine rings is 1. The van der Waals surface area contributed by atoms with Crippen molar-refractivity contribution < 1.29 is 4.79 Å². The summed E-state index contributed by atoms with van der Waals surface area (Å²) in [7, 11) is 0. The Balaban J connectivity index is 1.86. The zero-order valence-electron chi connectivity index (χ0n) is 17.5. The minimum atomic E-state index is -0.722. The molecule has 0 spiro atoms. The lowest BCUT2D eigenvalue weighted by atomic mass is 10.1. The second-order valence-electron chi connectivity index (χ2n) is 7.60. The number of carbonyl (C=O) groups excluding carboxylic acids is 1. The molecule has 0 bridgehead atoms. The number of nitrogens with zero attached hydrogens (tertiary/aromatic N) is 3. The number of aryl methyl sites for hydroxylation is 3. The summed E-state index contributed by atoms with van der Waals surface area (Å²) in [6, 6.07) is 18.1. The van der Waals surface area contributed by atoms with E-state index in [1.54, 1.807) is 17.7 Å². The van der Waals surface area contributed by atoms with Crippen molar-refractivity contribution in [3.05, 3.63) is 87.8 Å². The van der Waals surface area contributed by atoms with Crippen LogP contribution in [-0.4, -0.2) is 20.3 Å². The monoisotopic (exact) mass is 400 g/mol. The molecule has 2 aromatic carbocycles. The van der Waals surface area contributed by atoms with Gasteiger partial charge in [-0.15, -0.1) is 0 Å². The average Bonchev–Trinajstić information content (AvgIpc) is 3.07. The molecule has 0 saturated carbocycles. The van der Waals surface area contributed by atoms with E-state index in [0.717, 1.165) is 27.9 Å². The average molecular weight is 400 g/mol. The Labute approximate surface area is 174 Å². The van der Waals surface area contributed by atoms with Crippen LogP contribution in [0.4, 0.5) is 5.69 Å². The molecule has 6 nitrogen and oxygen atoms in total. The van der Waals surface area contributed by atoms with Gasteiger partial charge in [-0.05, 0) is 57.5 Å². The number of para-hydroxylation sites is 1. The Morgan fingerprint density at radius 1 is 1.00 bits per heavy atom. The molecule has 2 aromatic heterocycles. The zero-order valence-corrected chi connectivity index (χ0v) is 17.5. The molecule has 0 aliphatic rings. The van der Waals surface area contributed by atoms with Gasteiger partial charge in [0.25, 0.3) is 5.56 Å². The highest BCUT2D eigenvalue weighted by molar-refractivity contribution is 5.95. The molecule has 1 atom stereocenters. The summed E-state index contributed by atoms with van der Waals surface area (Å²) < 4.78 is 3.27. The number of nitrogens with one attached hydrogen (secondary N) is 1. The first-order valence-corrected chi connectivity index (χ1v) is 9.91. The molecule has 30 heavy (non-hydrogen) atoms. The van der Waals surface area contributed by atoms with Crippen molar-refractivity contribution in [1.29, 1.82) is 0 Å². The lowest BCUT2D eigenvalue weighted by molar-refractivity contribution is -0.118. The van der Waals surface area contributed by atoms with Gasteiger partial charge in [0.05, 0.1) is 11.4 Å². The third-order valence-electron chi connectivity index (χ3n) is 5.32. The largest absolute Gasteiger partial charge is 0.324 e. The summed E-state index contributed by atoms with van der Waals surface area (Å²) in [4.78, 5) is 26.1. The normalized spacial score (nSPS) is 12.1. The van der Waals surface area contributed by atoms with Gasteiger partial charge in [-0.2, -0.15) is 5.10 Å². The fraction of sp³-hybridized carbons (Fsp3) is 0.208. The van der Waals surface area contributed by atoms with E-state index in [9.17, 15) is 9.59 Å². The van der Waals surface area contributed by atoms with Crippen LogP contribution < -0.4 is 10.9 Å². The van der Waals surface area contributed by atoms with E-state index in [1.165, 1.54) is 4.57 Å². The molecule has 0 aliphatic carbocycles. The van der Waals surface area contributed by atoms with Gasteiger partial charge < -0.3 is 5.32 Å². The Morgan fingerprint density at radius 2 is 1.67 bits per heavy atom. The summed E-state index contributed by atoms with van der Waals surface area (Å²) in [6.07, 6.45) is 0. The maximum absolute atomic E-state index is 13.0. The smallest absolute Gasteiger partial charge is 0.253 e. The minimum Gasteiger partial charge on any atom is -0.324 e. The minimum absolute atomic E-state index is 0.233. The number of aromatic nitrogens is 3. The number of anilines is 1. The summed E-state index contributed by atoms with van der Waals surface area (Å²) in [5.74, 6) is -0.260. The van der Waals surface area contributed by atoms with E-state index in [4.69, 9.17) is 0 Å². The van der Waals surface area contributed by atoms with E-state index in [-0.39, 0.29) is 11.5 Å². The molecular weight excluding hydrogens is 376 g/mol. The molecule has 0 radical (unpaired) electrons. The van der Waals surface area contributed by atoms with Gasteiger partial charge in [0, 0.05) is 17.1 Å². The number of fused-ring (bicyclic) bond motifs is 1. The molecule has 6 heteroatoms. The SMILES string of the molecule is Cc1ccc(NC(=O)C(C)n2c(=O)cc(C)c3c(C)nn(-c4ccccc4)c32)cc1. The van der Waals surface area contributed by atoms with Gasteiger partial charge in [0.1, 0.15) is 11.7 Å². The molecule has 1 N–H and O–H groups in total. The van der Waals surface area contributed by atoms with Crippen LogP contribution in [0, 0.1) is 20.8 Å². The zero-order chi connectivity index (χ0) is 21.4. The van der Waals surface area contributed by atoms with Crippen LogP contribution in [0.2, 0.25) is 0 Å². The molecule has 152 valence electrons. The predicted octanol–water partition coefficient (Wildman–Crippen LogP) is 4.31. The molecule has 1 unspecified atom stereocenters. The fourth-order valence-electron chi connectivity index (χ4n) is 3.75. The van der Waals surface area contributed by atoms with Crippen molar-refractivity contribution in [2.75, 3.05) is 5.32 Å². The van der Waals surface area contributed by atoms with Crippen LogP contribution in [0.1, 0.15) is 29.8 Å². The van der Waals surface area contributed by atoms with Gasteiger partial charge in [-0.1, -0.05) is 35.9 Å². The van der Waals surface area contributed by atoms with Crippen LogP contribution in [0.3, 0.4) is 0 Å². The number of hydrogen-bond acceptors (Lipinski definition) is 3. The lowest BCUT2D eigenvalue weighted by Gasteiger charge is -2.18. The predicted molar refractivity (Wildman–Crippen MR) is 119 cm³/mol. The molecule has 0 saturated heterocycles. The van der Waals surface area contributed by atoms with Crippen molar-refractivity contribution in [1.82, 2.24) is 14.3 Å². The number of benzene rings is 2. The first-order valence-electron chi connectivity index (χ1n) is 9.91. The quantitative estimate of drug-likeness (QED) is 0.555. The van der Waals surface area contributed by atoms with Crippen LogP contribution in [0.5, 0.6) is 0 Å². The van der Waals surface area contributed by atoms with Crippen LogP contribution in [0.25, 0.3) is 16.7 Å². The third-order valence-corrected chi connectivity index (χ3v) is 5.32. The number of amides is 1. The van der Waals surface area contributed by atoms with E-state index in [0.29, 0.717) is 11.3 Å². The summed E-state index contributed by atoms with van der Waals surface area (Å²) in [5.41, 5.74) is 4.68. The topological polar surface area (TPSA) is 68.9 Å². The maximum atomic E-state index is 13.0. The van der Waals surface area contributed by atoms with Gasteiger partial charge in [0.2, 0.25) is 5.91 Å². The Morgan fingerprint density at radius 3 is 2.33 bits per heavy atom. The van der Waals surface area contributed by atoms with Crippen LogP contribution >= 0.6 is 0 Å². The van der Waals surface area contributed by atoms with Gasteiger partial charge in [-0.3, -0.25) is 14.2 Å². The Hall–Kier alpha value is -3.67. The highest BCUT2D eigenvalue weighted by Gasteiger charge is 2.24. The molecule has 4 aromatic rings. The third kappa shape index (κ3) is 3.41. The second-order valence-corrected chi connectivity index (χ2v) is 7.60. The molecule has 0 aliphatic heterocycles. The second kappa shape index (κ2) is 7.63. The van der Waals surface area contributed by atoms with E-state index in [2.05, 4.69) is 10.4 Å². The van der Waals surface area contributed by atoms with Gasteiger partial charge >= 0.3 is 0 Å². The van der Waals surface area contributed by atoms with Gasteiger partial charge in [-0.25, -0.2) is 4.68 Å². The van der Waals surface area contributed by atoms with Crippen molar-refractivity contribution in [2.45, 2.75) is 33.7 Å². The molecular formula is C24H24N4O2. The van der Waals surface area contributed by atoms with E-state index >= 15 is 0 Å². The lowest BCUT2D eigenvalue weighted by Crippen LogP contribution is -2.32. The first-order chi connectivity index (χ1) is 14.4. The van der Waals surface area contributed by atoms with Crippen molar-refractivity contribution >= 4 is 22.6 Å². The van der Waals surface area contributed by atoms with E-state index in [1.807, 2.05) is 75.4 Å². The molecule has 2 heterocycles. The van der Waals surface area contributed by atoms with Gasteiger partial charge in [0.15, 0.2) is 0 Å². The molecule has 1 amide bonds. The number of rotatable bonds is 4. The van der Waals surface area contributed by atoms with E-state index < -0.39 is 6.04 Å². The van der Waals surface area contributed by atoms with Crippen molar-refractivity contribution in [3.63, 3.8) is 0 Å².